The minimum absolute atomic E-state index is 0. The molecule has 0 radical (unpaired) electrons. The van der Waals surface area contributed by atoms with Crippen LogP contribution in [0.2, 0.25) is 0 Å². The van der Waals surface area contributed by atoms with Gasteiger partial charge in [0.1, 0.15) is 0 Å². The summed E-state index contributed by atoms with van der Waals surface area (Å²) in [6.45, 7) is 0. The van der Waals surface area contributed by atoms with Crippen LogP contribution in [0.15, 0.2) is 0 Å². The first-order chi connectivity index (χ1) is 4.15. The van der Waals surface area contributed by atoms with Crippen molar-refractivity contribution >= 4 is 39.7 Å². The van der Waals surface area contributed by atoms with Gasteiger partial charge in [0.2, 0.25) is 0 Å². The Morgan fingerprint density at radius 3 is 1.55 bits per heavy atom. The SMILES string of the molecule is O=S(=O)(O)C(F)C(F)(F)F.[NaH]. The van der Waals surface area contributed by atoms with E-state index in [4.69, 9.17) is 4.55 Å². The molecule has 0 rings (SSSR count). The Labute approximate surface area is 81.8 Å². The molecule has 0 aromatic rings. The van der Waals surface area contributed by atoms with Crippen molar-refractivity contribution in [3.8, 4) is 0 Å². The molecule has 11 heavy (non-hydrogen) atoms. The molecule has 0 saturated carbocycles. The van der Waals surface area contributed by atoms with Crippen molar-refractivity contribution in [3.05, 3.63) is 0 Å². The third-order valence-electron chi connectivity index (χ3n) is 0.519. The molecular formula is C2H3F4NaO3S. The zero-order chi connectivity index (χ0) is 8.58. The number of halogens is 4. The van der Waals surface area contributed by atoms with Gasteiger partial charge < -0.3 is 0 Å². The third-order valence-corrected chi connectivity index (χ3v) is 1.31. The van der Waals surface area contributed by atoms with Gasteiger partial charge in [-0.15, -0.1) is 0 Å². The van der Waals surface area contributed by atoms with Gasteiger partial charge in [0, 0.05) is 0 Å². The van der Waals surface area contributed by atoms with Gasteiger partial charge in [-0.05, 0) is 0 Å². The molecule has 0 aliphatic heterocycles. The van der Waals surface area contributed by atoms with E-state index in [9.17, 15) is 26.0 Å². The normalized spacial score (nSPS) is 15.4. The molecule has 0 heterocycles. The molecule has 1 atom stereocenters. The fourth-order valence-corrected chi connectivity index (χ4v) is 0.507. The molecule has 1 N–H and O–H groups in total. The predicted molar refractivity (Wildman–Crippen MR) is 29.6 cm³/mol. The van der Waals surface area contributed by atoms with Gasteiger partial charge in [-0.25, -0.2) is 4.39 Å². The maximum atomic E-state index is 11.5. The van der Waals surface area contributed by atoms with Crippen LogP contribution < -0.4 is 0 Å². The summed E-state index contributed by atoms with van der Waals surface area (Å²) in [5, 5.41) is 0. The Morgan fingerprint density at radius 1 is 1.27 bits per heavy atom. The summed E-state index contributed by atoms with van der Waals surface area (Å²) in [4.78, 5) is 0. The molecule has 1 unspecified atom stereocenters. The molecule has 0 fully saturated rings. The molecule has 0 aliphatic carbocycles. The number of hydrogen-bond acceptors (Lipinski definition) is 2. The van der Waals surface area contributed by atoms with Crippen LogP contribution in [0.3, 0.4) is 0 Å². The average molecular weight is 206 g/mol. The van der Waals surface area contributed by atoms with E-state index in [1.165, 1.54) is 0 Å². The summed E-state index contributed by atoms with van der Waals surface area (Å²) in [5.41, 5.74) is -4.21. The Hall–Kier alpha value is 0.630. The number of hydrogen-bond donors (Lipinski definition) is 1. The quantitative estimate of drug-likeness (QED) is 0.375. The summed E-state index contributed by atoms with van der Waals surface area (Å²) < 4.78 is 70.9. The Balaban J connectivity index is 0. The van der Waals surface area contributed by atoms with E-state index < -0.39 is 21.8 Å². The van der Waals surface area contributed by atoms with Crippen LogP contribution in [-0.4, -0.2) is 54.2 Å². The topological polar surface area (TPSA) is 54.4 Å². The number of alkyl halides is 4. The Morgan fingerprint density at radius 2 is 1.55 bits per heavy atom. The predicted octanol–water partition coefficient (Wildman–Crippen LogP) is 0.0836. The van der Waals surface area contributed by atoms with E-state index in [0.717, 1.165) is 0 Å². The van der Waals surface area contributed by atoms with Crippen molar-refractivity contribution in [2.45, 2.75) is 11.7 Å². The summed E-state index contributed by atoms with van der Waals surface area (Å²) in [6, 6.07) is 0. The Kier molecular flexibility index (Phi) is 5.20. The minimum atomic E-state index is -5.65. The van der Waals surface area contributed by atoms with Crippen molar-refractivity contribution in [2.24, 2.45) is 0 Å². The second kappa shape index (κ2) is 4.04. The zero-order valence-electron chi connectivity index (χ0n) is 4.26. The first-order valence-corrected chi connectivity index (χ1v) is 3.33. The summed E-state index contributed by atoms with van der Waals surface area (Å²) in [5.74, 6) is 0. The monoisotopic (exact) mass is 206 g/mol. The maximum absolute atomic E-state index is 11.5. The molecule has 0 saturated heterocycles. The molecule has 0 aromatic heterocycles. The molecule has 0 amide bonds. The van der Waals surface area contributed by atoms with E-state index >= 15 is 0 Å². The van der Waals surface area contributed by atoms with Crippen molar-refractivity contribution in [1.29, 1.82) is 0 Å². The van der Waals surface area contributed by atoms with Crippen molar-refractivity contribution in [2.75, 3.05) is 0 Å². The van der Waals surface area contributed by atoms with Crippen LogP contribution in [0.4, 0.5) is 17.6 Å². The molecule has 0 spiro atoms. The summed E-state index contributed by atoms with van der Waals surface area (Å²) in [6.07, 6.45) is -5.56. The average Bonchev–Trinajstić information content (AvgIpc) is 1.59. The van der Waals surface area contributed by atoms with Crippen LogP contribution in [0.25, 0.3) is 0 Å². The molecule has 64 valence electrons. The van der Waals surface area contributed by atoms with Gasteiger partial charge in [0.15, 0.2) is 0 Å². The van der Waals surface area contributed by atoms with Gasteiger partial charge in [-0.3, -0.25) is 4.55 Å². The van der Waals surface area contributed by atoms with Gasteiger partial charge in [0.05, 0.1) is 0 Å². The van der Waals surface area contributed by atoms with Crippen LogP contribution in [0.5, 0.6) is 0 Å². The Bertz CT molecular complexity index is 208. The van der Waals surface area contributed by atoms with Crippen LogP contribution in [0.1, 0.15) is 0 Å². The molecule has 3 nitrogen and oxygen atoms in total. The van der Waals surface area contributed by atoms with Crippen molar-refractivity contribution in [1.82, 2.24) is 0 Å². The zero-order valence-corrected chi connectivity index (χ0v) is 5.08. The summed E-state index contributed by atoms with van der Waals surface area (Å²) in [7, 11) is -5.65. The van der Waals surface area contributed by atoms with Crippen molar-refractivity contribution < 1.29 is 30.5 Å². The second-order valence-electron chi connectivity index (χ2n) is 1.37. The summed E-state index contributed by atoms with van der Waals surface area (Å²) >= 11 is 0. The van der Waals surface area contributed by atoms with E-state index in [2.05, 4.69) is 0 Å². The fourth-order valence-electron chi connectivity index (χ4n) is 0.169. The van der Waals surface area contributed by atoms with Crippen molar-refractivity contribution in [3.63, 3.8) is 0 Å². The van der Waals surface area contributed by atoms with E-state index in [-0.39, 0.29) is 29.6 Å². The first kappa shape index (κ1) is 14.2. The third kappa shape index (κ3) is 4.96. The molecular weight excluding hydrogens is 203 g/mol. The van der Waals surface area contributed by atoms with Gasteiger partial charge in [-0.2, -0.15) is 21.6 Å². The fraction of sp³-hybridized carbons (Fsp3) is 1.00. The second-order valence-corrected chi connectivity index (χ2v) is 2.82. The van der Waals surface area contributed by atoms with Crippen LogP contribution in [0, 0.1) is 0 Å². The van der Waals surface area contributed by atoms with Gasteiger partial charge in [0.25, 0.3) is 0 Å². The van der Waals surface area contributed by atoms with E-state index in [1.54, 1.807) is 0 Å². The molecule has 0 aliphatic rings. The number of rotatable bonds is 1. The molecule has 9 heteroatoms. The van der Waals surface area contributed by atoms with Crippen LogP contribution in [-0.2, 0) is 10.1 Å². The molecule has 0 bridgehead atoms. The van der Waals surface area contributed by atoms with Crippen LogP contribution >= 0.6 is 0 Å². The standard InChI is InChI=1S/C2H2F4O3S.Na.H/c3-1(2(4,5)6)10(7,8)9;;/h1H,(H,7,8,9);;. The molecule has 0 aromatic carbocycles. The van der Waals surface area contributed by atoms with E-state index in [1.807, 2.05) is 0 Å². The van der Waals surface area contributed by atoms with Gasteiger partial charge in [-0.1, -0.05) is 0 Å². The first-order valence-electron chi connectivity index (χ1n) is 1.83. The van der Waals surface area contributed by atoms with E-state index in [0.29, 0.717) is 0 Å². The van der Waals surface area contributed by atoms with Gasteiger partial charge >= 0.3 is 51.4 Å².